The van der Waals surface area contributed by atoms with Crippen LogP contribution < -0.4 is 10.1 Å². The number of amides is 1. The lowest BCUT2D eigenvalue weighted by atomic mass is 10.2. The van der Waals surface area contributed by atoms with Gasteiger partial charge in [0.1, 0.15) is 5.75 Å². The van der Waals surface area contributed by atoms with Gasteiger partial charge in [0.05, 0.1) is 11.6 Å². The van der Waals surface area contributed by atoms with E-state index in [0.29, 0.717) is 22.9 Å². The lowest BCUT2D eigenvalue weighted by Crippen LogP contribution is -2.30. The highest BCUT2D eigenvalue weighted by molar-refractivity contribution is 6.32. The third-order valence-corrected chi connectivity index (χ3v) is 2.21. The molecule has 1 amide bonds. The third-order valence-electron chi connectivity index (χ3n) is 1.91. The summed E-state index contributed by atoms with van der Waals surface area (Å²) in [4.78, 5) is 11.7. The van der Waals surface area contributed by atoms with E-state index >= 15 is 0 Å². The van der Waals surface area contributed by atoms with Crippen molar-refractivity contribution >= 4 is 17.5 Å². The highest BCUT2D eigenvalue weighted by atomic mass is 35.5. The average molecular weight is 242 g/mol. The van der Waals surface area contributed by atoms with Gasteiger partial charge < -0.3 is 10.1 Å². The van der Waals surface area contributed by atoms with Crippen molar-refractivity contribution in [3.63, 3.8) is 0 Å². The third kappa shape index (κ3) is 3.42. The van der Waals surface area contributed by atoms with Crippen LogP contribution in [0.15, 0.2) is 18.2 Å². The molecule has 0 heterocycles. The van der Waals surface area contributed by atoms with Crippen LogP contribution in [0, 0.1) is 0 Å². The lowest BCUT2D eigenvalue weighted by molar-refractivity contribution is 0.0943. The number of nitrogens with one attached hydrogen (secondary N) is 1. The van der Waals surface area contributed by atoms with E-state index in [1.54, 1.807) is 18.2 Å². The number of benzene rings is 1. The van der Waals surface area contributed by atoms with Gasteiger partial charge in [-0.05, 0) is 39.0 Å². The Morgan fingerprint density at radius 1 is 1.50 bits per heavy atom. The maximum absolute atomic E-state index is 11.7. The van der Waals surface area contributed by atoms with Crippen molar-refractivity contribution in [2.24, 2.45) is 0 Å². The first-order chi connectivity index (χ1) is 7.54. The van der Waals surface area contributed by atoms with E-state index < -0.39 is 0 Å². The summed E-state index contributed by atoms with van der Waals surface area (Å²) in [7, 11) is 0. The maximum Gasteiger partial charge on any atom is 0.251 e. The molecule has 1 N–H and O–H groups in total. The van der Waals surface area contributed by atoms with Crippen molar-refractivity contribution in [3.05, 3.63) is 28.8 Å². The molecule has 4 heteroatoms. The van der Waals surface area contributed by atoms with Gasteiger partial charge in [0, 0.05) is 11.6 Å². The van der Waals surface area contributed by atoms with Gasteiger partial charge in [-0.1, -0.05) is 11.6 Å². The number of hydrogen-bond acceptors (Lipinski definition) is 2. The van der Waals surface area contributed by atoms with Crippen LogP contribution in [0.4, 0.5) is 0 Å². The van der Waals surface area contributed by atoms with Crippen molar-refractivity contribution in [2.45, 2.75) is 26.8 Å². The van der Waals surface area contributed by atoms with Crippen LogP contribution in [-0.2, 0) is 0 Å². The SMILES string of the molecule is CCOc1ccc(C(=O)NC(C)C)cc1Cl. The molecule has 1 rings (SSSR count). The monoisotopic (exact) mass is 241 g/mol. The molecule has 0 bridgehead atoms. The fraction of sp³-hybridized carbons (Fsp3) is 0.417. The molecule has 1 aromatic rings. The smallest absolute Gasteiger partial charge is 0.251 e. The van der Waals surface area contributed by atoms with Crippen molar-refractivity contribution in [2.75, 3.05) is 6.61 Å². The molecule has 16 heavy (non-hydrogen) atoms. The van der Waals surface area contributed by atoms with E-state index in [4.69, 9.17) is 16.3 Å². The Labute approximate surface area is 101 Å². The van der Waals surface area contributed by atoms with Crippen LogP contribution >= 0.6 is 11.6 Å². The van der Waals surface area contributed by atoms with Gasteiger partial charge in [-0.2, -0.15) is 0 Å². The molecule has 0 fully saturated rings. The Bertz CT molecular complexity index is 377. The molecule has 0 aliphatic heterocycles. The van der Waals surface area contributed by atoms with E-state index in [1.165, 1.54) is 0 Å². The molecule has 0 radical (unpaired) electrons. The van der Waals surface area contributed by atoms with Gasteiger partial charge in [0.15, 0.2) is 0 Å². The Morgan fingerprint density at radius 3 is 2.69 bits per heavy atom. The summed E-state index contributed by atoms with van der Waals surface area (Å²) in [6, 6.07) is 5.14. The van der Waals surface area contributed by atoms with Gasteiger partial charge in [-0.15, -0.1) is 0 Å². The Kier molecular flexibility index (Phi) is 4.62. The van der Waals surface area contributed by atoms with Crippen LogP contribution in [0.5, 0.6) is 5.75 Å². The molecule has 0 aliphatic rings. The molecule has 0 saturated carbocycles. The van der Waals surface area contributed by atoms with Gasteiger partial charge >= 0.3 is 0 Å². The molecule has 0 saturated heterocycles. The summed E-state index contributed by atoms with van der Waals surface area (Å²) in [6.45, 7) is 6.26. The number of hydrogen-bond donors (Lipinski definition) is 1. The molecule has 0 aliphatic carbocycles. The van der Waals surface area contributed by atoms with Gasteiger partial charge in [0.25, 0.3) is 5.91 Å². The zero-order valence-corrected chi connectivity index (χ0v) is 10.5. The first-order valence-corrected chi connectivity index (χ1v) is 5.65. The number of rotatable bonds is 4. The molecule has 1 aromatic carbocycles. The second kappa shape index (κ2) is 5.75. The van der Waals surface area contributed by atoms with E-state index in [2.05, 4.69) is 5.32 Å². The zero-order chi connectivity index (χ0) is 12.1. The molecular formula is C12H16ClNO2. The van der Waals surface area contributed by atoms with Crippen LogP contribution in [0.2, 0.25) is 5.02 Å². The molecule has 0 aromatic heterocycles. The van der Waals surface area contributed by atoms with E-state index in [0.717, 1.165) is 0 Å². The van der Waals surface area contributed by atoms with Gasteiger partial charge in [-0.3, -0.25) is 4.79 Å². The second-order valence-electron chi connectivity index (χ2n) is 3.71. The minimum absolute atomic E-state index is 0.109. The molecule has 3 nitrogen and oxygen atoms in total. The molecule has 88 valence electrons. The first-order valence-electron chi connectivity index (χ1n) is 5.27. The summed E-state index contributed by atoms with van der Waals surface area (Å²) < 4.78 is 5.29. The van der Waals surface area contributed by atoms with Crippen LogP contribution in [-0.4, -0.2) is 18.6 Å². The predicted molar refractivity (Wildman–Crippen MR) is 65.2 cm³/mol. The minimum atomic E-state index is -0.125. The quantitative estimate of drug-likeness (QED) is 0.880. The number of halogens is 1. The van der Waals surface area contributed by atoms with Crippen molar-refractivity contribution in [3.8, 4) is 5.75 Å². The van der Waals surface area contributed by atoms with Crippen LogP contribution in [0.1, 0.15) is 31.1 Å². The van der Waals surface area contributed by atoms with Crippen LogP contribution in [0.3, 0.4) is 0 Å². The summed E-state index contributed by atoms with van der Waals surface area (Å²) in [5.74, 6) is 0.477. The summed E-state index contributed by atoms with van der Waals surface area (Å²) in [6.07, 6.45) is 0. The average Bonchev–Trinajstić information content (AvgIpc) is 2.20. The summed E-state index contributed by atoms with van der Waals surface area (Å²) in [5, 5.41) is 3.26. The lowest BCUT2D eigenvalue weighted by Gasteiger charge is -2.10. The molecule has 0 spiro atoms. The fourth-order valence-corrected chi connectivity index (χ4v) is 1.50. The highest BCUT2D eigenvalue weighted by Crippen LogP contribution is 2.25. The standard InChI is InChI=1S/C12H16ClNO2/c1-4-16-11-6-5-9(7-10(11)13)12(15)14-8(2)3/h5-8H,4H2,1-3H3,(H,14,15). The van der Waals surface area contributed by atoms with Crippen LogP contribution in [0.25, 0.3) is 0 Å². The topological polar surface area (TPSA) is 38.3 Å². The minimum Gasteiger partial charge on any atom is -0.492 e. The second-order valence-corrected chi connectivity index (χ2v) is 4.11. The van der Waals surface area contributed by atoms with E-state index in [9.17, 15) is 4.79 Å². The van der Waals surface area contributed by atoms with E-state index in [1.807, 2.05) is 20.8 Å². The maximum atomic E-state index is 11.7. The summed E-state index contributed by atoms with van der Waals surface area (Å²) >= 11 is 5.98. The van der Waals surface area contributed by atoms with Gasteiger partial charge in [0.2, 0.25) is 0 Å². The molecule has 0 atom stereocenters. The highest BCUT2D eigenvalue weighted by Gasteiger charge is 2.09. The van der Waals surface area contributed by atoms with Gasteiger partial charge in [-0.25, -0.2) is 0 Å². The van der Waals surface area contributed by atoms with Crippen molar-refractivity contribution < 1.29 is 9.53 Å². The molecule has 0 unspecified atom stereocenters. The number of carbonyl (C=O) groups excluding carboxylic acids is 1. The number of carbonyl (C=O) groups is 1. The Balaban J connectivity index is 2.84. The van der Waals surface area contributed by atoms with Crippen molar-refractivity contribution in [1.29, 1.82) is 0 Å². The summed E-state index contributed by atoms with van der Waals surface area (Å²) in [5.41, 5.74) is 0.544. The van der Waals surface area contributed by atoms with E-state index in [-0.39, 0.29) is 11.9 Å². The van der Waals surface area contributed by atoms with Crippen molar-refractivity contribution in [1.82, 2.24) is 5.32 Å². The Hall–Kier alpha value is -1.22. The normalized spacial score (nSPS) is 10.3. The first kappa shape index (κ1) is 12.8. The largest absolute Gasteiger partial charge is 0.492 e. The Morgan fingerprint density at radius 2 is 2.19 bits per heavy atom. The zero-order valence-electron chi connectivity index (χ0n) is 9.71. The molecular weight excluding hydrogens is 226 g/mol. The predicted octanol–water partition coefficient (Wildman–Crippen LogP) is 2.88. The fourth-order valence-electron chi connectivity index (χ4n) is 1.26. The number of ether oxygens (including phenoxy) is 1.